The predicted molar refractivity (Wildman–Crippen MR) is 49.2 cm³/mol. The minimum atomic E-state index is 0.502. The Morgan fingerprint density at radius 3 is 1.55 bits per heavy atom. The van der Waals surface area contributed by atoms with Crippen LogP contribution in [0.3, 0.4) is 0 Å². The minimum absolute atomic E-state index is 0.502. The molecule has 0 saturated carbocycles. The number of aryl methyl sites for hydroxylation is 2. The smallest absolute Gasteiger partial charge is 0.0786 e. The third kappa shape index (κ3) is 1.09. The van der Waals surface area contributed by atoms with Crippen LogP contribution in [0, 0.1) is 13.8 Å². The van der Waals surface area contributed by atoms with Gasteiger partial charge in [0.1, 0.15) is 0 Å². The molecule has 0 fully saturated rings. The maximum atomic E-state index is 5.65. The summed E-state index contributed by atoms with van der Waals surface area (Å²) < 4.78 is 0. The molecule has 0 amide bonds. The highest BCUT2D eigenvalue weighted by Crippen LogP contribution is 2.28. The maximum absolute atomic E-state index is 5.65. The van der Waals surface area contributed by atoms with Crippen LogP contribution in [-0.2, 0) is 0 Å². The molecule has 0 aliphatic rings. The van der Waals surface area contributed by atoms with Crippen molar-refractivity contribution in [1.29, 1.82) is 0 Å². The number of nitrogens with two attached hydrogens (primary N) is 3. The first-order valence-electron chi connectivity index (χ1n) is 3.44. The van der Waals surface area contributed by atoms with Crippen LogP contribution in [-0.4, -0.2) is 0 Å². The van der Waals surface area contributed by atoms with Gasteiger partial charge in [-0.3, -0.25) is 0 Å². The lowest BCUT2D eigenvalue weighted by Gasteiger charge is -2.09. The van der Waals surface area contributed by atoms with Crippen molar-refractivity contribution in [2.45, 2.75) is 13.8 Å². The van der Waals surface area contributed by atoms with Gasteiger partial charge in [-0.25, -0.2) is 0 Å². The van der Waals surface area contributed by atoms with E-state index in [0.29, 0.717) is 17.1 Å². The molecular weight excluding hydrogens is 138 g/mol. The van der Waals surface area contributed by atoms with Gasteiger partial charge in [-0.05, 0) is 25.0 Å². The van der Waals surface area contributed by atoms with Crippen molar-refractivity contribution in [3.63, 3.8) is 0 Å². The van der Waals surface area contributed by atoms with Gasteiger partial charge in [0.15, 0.2) is 0 Å². The number of nitrogen functional groups attached to an aromatic ring is 3. The van der Waals surface area contributed by atoms with Crippen molar-refractivity contribution in [1.82, 2.24) is 0 Å². The van der Waals surface area contributed by atoms with Crippen molar-refractivity contribution < 1.29 is 0 Å². The summed E-state index contributed by atoms with van der Waals surface area (Å²) in [7, 11) is 0. The van der Waals surface area contributed by atoms with Crippen molar-refractivity contribution in [2.75, 3.05) is 17.2 Å². The second-order valence-electron chi connectivity index (χ2n) is 2.75. The van der Waals surface area contributed by atoms with Crippen LogP contribution >= 0.6 is 0 Å². The lowest BCUT2D eigenvalue weighted by molar-refractivity contribution is 1.39. The average Bonchev–Trinajstić information content (AvgIpc) is 1.97. The second-order valence-corrected chi connectivity index (χ2v) is 2.75. The van der Waals surface area contributed by atoms with E-state index in [1.165, 1.54) is 0 Å². The summed E-state index contributed by atoms with van der Waals surface area (Å²) in [5.41, 5.74) is 20.6. The topological polar surface area (TPSA) is 78.1 Å². The van der Waals surface area contributed by atoms with E-state index in [1.54, 1.807) is 0 Å². The van der Waals surface area contributed by atoms with Gasteiger partial charge in [0.2, 0.25) is 0 Å². The molecular formula is C8H13N3. The summed E-state index contributed by atoms with van der Waals surface area (Å²) in [6.45, 7) is 3.83. The lowest BCUT2D eigenvalue weighted by Crippen LogP contribution is -2.03. The van der Waals surface area contributed by atoms with E-state index in [1.807, 2.05) is 19.9 Å². The summed E-state index contributed by atoms with van der Waals surface area (Å²) >= 11 is 0. The number of rotatable bonds is 0. The molecule has 0 spiro atoms. The van der Waals surface area contributed by atoms with Crippen molar-refractivity contribution in [3.8, 4) is 0 Å². The molecule has 1 aromatic rings. The highest BCUT2D eigenvalue weighted by atomic mass is 14.7. The van der Waals surface area contributed by atoms with E-state index in [-0.39, 0.29) is 0 Å². The molecule has 0 bridgehead atoms. The fourth-order valence-corrected chi connectivity index (χ4v) is 1.05. The molecule has 60 valence electrons. The molecule has 6 N–H and O–H groups in total. The van der Waals surface area contributed by atoms with E-state index in [9.17, 15) is 0 Å². The quantitative estimate of drug-likeness (QED) is 0.485. The van der Waals surface area contributed by atoms with Gasteiger partial charge in [0.05, 0.1) is 17.1 Å². The molecule has 11 heavy (non-hydrogen) atoms. The van der Waals surface area contributed by atoms with Gasteiger partial charge in [0, 0.05) is 0 Å². The Balaban J connectivity index is 3.46. The Morgan fingerprint density at radius 1 is 0.818 bits per heavy atom. The standard InChI is InChI=1S/C8H13N3/c1-4-3-5(2)7(10)8(11)6(4)9/h3H,9-11H2,1-2H3. The predicted octanol–water partition coefficient (Wildman–Crippen LogP) is 1.05. The van der Waals surface area contributed by atoms with E-state index >= 15 is 0 Å². The number of hydrogen-bond donors (Lipinski definition) is 3. The van der Waals surface area contributed by atoms with Crippen LogP contribution in [0.15, 0.2) is 6.07 Å². The first-order chi connectivity index (χ1) is 5.04. The Morgan fingerprint density at radius 2 is 1.18 bits per heavy atom. The van der Waals surface area contributed by atoms with Crippen molar-refractivity contribution in [2.24, 2.45) is 0 Å². The van der Waals surface area contributed by atoms with E-state index in [2.05, 4.69) is 0 Å². The molecule has 0 unspecified atom stereocenters. The SMILES string of the molecule is Cc1cc(C)c(N)c(N)c1N. The summed E-state index contributed by atoms with van der Waals surface area (Å²) in [6.07, 6.45) is 0. The zero-order valence-electron chi connectivity index (χ0n) is 6.81. The number of hydrogen-bond acceptors (Lipinski definition) is 3. The van der Waals surface area contributed by atoms with Gasteiger partial charge in [-0.15, -0.1) is 0 Å². The van der Waals surface area contributed by atoms with Crippen LogP contribution in [0.5, 0.6) is 0 Å². The molecule has 0 atom stereocenters. The summed E-state index contributed by atoms with van der Waals surface area (Å²) in [4.78, 5) is 0. The van der Waals surface area contributed by atoms with Crippen LogP contribution < -0.4 is 17.2 Å². The summed E-state index contributed by atoms with van der Waals surface area (Å²) in [5.74, 6) is 0. The van der Waals surface area contributed by atoms with E-state index in [0.717, 1.165) is 11.1 Å². The molecule has 0 radical (unpaired) electrons. The summed E-state index contributed by atoms with van der Waals surface area (Å²) in [6, 6.07) is 1.93. The van der Waals surface area contributed by atoms with Gasteiger partial charge in [0.25, 0.3) is 0 Å². The van der Waals surface area contributed by atoms with Crippen molar-refractivity contribution in [3.05, 3.63) is 17.2 Å². The van der Waals surface area contributed by atoms with Crippen LogP contribution in [0.4, 0.5) is 17.1 Å². The average molecular weight is 151 g/mol. The molecule has 0 aliphatic carbocycles. The Kier molecular flexibility index (Phi) is 1.64. The van der Waals surface area contributed by atoms with E-state index in [4.69, 9.17) is 17.2 Å². The molecule has 1 rings (SSSR count). The number of benzene rings is 1. The van der Waals surface area contributed by atoms with Crippen LogP contribution in [0.25, 0.3) is 0 Å². The molecule has 0 aliphatic heterocycles. The monoisotopic (exact) mass is 151 g/mol. The summed E-state index contributed by atoms with van der Waals surface area (Å²) in [5, 5.41) is 0. The highest BCUT2D eigenvalue weighted by Gasteiger charge is 2.04. The van der Waals surface area contributed by atoms with Gasteiger partial charge in [-0.1, -0.05) is 6.07 Å². The van der Waals surface area contributed by atoms with Crippen LogP contribution in [0.1, 0.15) is 11.1 Å². The normalized spacial score (nSPS) is 10.0. The molecule has 3 nitrogen and oxygen atoms in total. The van der Waals surface area contributed by atoms with Gasteiger partial charge < -0.3 is 17.2 Å². The Bertz CT molecular complexity index is 266. The molecule has 3 heteroatoms. The maximum Gasteiger partial charge on any atom is 0.0786 e. The third-order valence-corrected chi connectivity index (χ3v) is 1.86. The Hall–Kier alpha value is -1.38. The largest absolute Gasteiger partial charge is 0.397 e. The van der Waals surface area contributed by atoms with Crippen molar-refractivity contribution >= 4 is 17.1 Å². The molecule has 1 aromatic carbocycles. The Labute approximate surface area is 66.2 Å². The minimum Gasteiger partial charge on any atom is -0.397 e. The second kappa shape index (κ2) is 2.34. The third-order valence-electron chi connectivity index (χ3n) is 1.86. The van der Waals surface area contributed by atoms with Gasteiger partial charge >= 0.3 is 0 Å². The first-order valence-corrected chi connectivity index (χ1v) is 3.44. The van der Waals surface area contributed by atoms with E-state index < -0.39 is 0 Å². The highest BCUT2D eigenvalue weighted by molar-refractivity contribution is 5.81. The molecule has 0 aromatic heterocycles. The van der Waals surface area contributed by atoms with Gasteiger partial charge in [-0.2, -0.15) is 0 Å². The fourth-order valence-electron chi connectivity index (χ4n) is 1.05. The van der Waals surface area contributed by atoms with Crippen LogP contribution in [0.2, 0.25) is 0 Å². The molecule has 0 heterocycles. The number of anilines is 3. The molecule has 0 saturated heterocycles. The zero-order chi connectivity index (χ0) is 8.59. The lowest BCUT2D eigenvalue weighted by atomic mass is 10.1. The fraction of sp³-hybridized carbons (Fsp3) is 0.250. The first kappa shape index (κ1) is 7.72. The zero-order valence-corrected chi connectivity index (χ0v) is 6.81.